The first kappa shape index (κ1) is 21.5. The molecule has 2 aliphatic carbocycles. The third-order valence-corrected chi connectivity index (χ3v) is 5.64. The van der Waals surface area contributed by atoms with Crippen molar-refractivity contribution in [1.82, 2.24) is 0 Å². The van der Waals surface area contributed by atoms with Crippen molar-refractivity contribution in [3.05, 3.63) is 5.92 Å². The van der Waals surface area contributed by atoms with E-state index in [9.17, 15) is 9.59 Å². The molecule has 0 saturated heterocycles. The summed E-state index contributed by atoms with van der Waals surface area (Å²) in [5.41, 5.74) is -0.0596. The van der Waals surface area contributed by atoms with Crippen LogP contribution in [0.4, 0.5) is 0 Å². The van der Waals surface area contributed by atoms with Gasteiger partial charge in [0, 0.05) is 0 Å². The van der Waals surface area contributed by atoms with E-state index in [2.05, 4.69) is 20.8 Å². The zero-order valence-corrected chi connectivity index (χ0v) is 17.2. The van der Waals surface area contributed by atoms with Crippen molar-refractivity contribution in [1.29, 1.82) is 0 Å². The van der Waals surface area contributed by atoms with E-state index in [1.165, 1.54) is 6.42 Å². The van der Waals surface area contributed by atoms with Crippen LogP contribution in [0, 0.1) is 17.3 Å². The summed E-state index contributed by atoms with van der Waals surface area (Å²) in [5, 5.41) is 0. The van der Waals surface area contributed by atoms with E-state index in [1.54, 1.807) is 0 Å². The molecular formula is C19H31O4Ru. The van der Waals surface area contributed by atoms with Crippen LogP contribution in [0.15, 0.2) is 0 Å². The molecule has 0 aliphatic heterocycles. The van der Waals surface area contributed by atoms with Crippen LogP contribution in [0.5, 0.6) is 0 Å². The number of esters is 2. The van der Waals surface area contributed by atoms with Crippen LogP contribution in [-0.2, 0) is 38.5 Å². The summed E-state index contributed by atoms with van der Waals surface area (Å²) in [5.74, 6) is 0.593. The van der Waals surface area contributed by atoms with Gasteiger partial charge in [-0.2, -0.15) is 6.92 Å². The van der Waals surface area contributed by atoms with Gasteiger partial charge in [-0.05, 0) is 32.1 Å². The molecule has 2 saturated carbocycles. The molecule has 1 unspecified atom stereocenters. The summed E-state index contributed by atoms with van der Waals surface area (Å²) in [6.07, 6.45) is 7.44. The maximum Gasteiger partial charge on any atom is 1.00 e. The van der Waals surface area contributed by atoms with Gasteiger partial charge in [-0.1, -0.05) is 39.0 Å². The van der Waals surface area contributed by atoms with E-state index in [-0.39, 0.29) is 55.5 Å². The minimum absolute atomic E-state index is 0. The fourth-order valence-electron chi connectivity index (χ4n) is 3.71. The molecule has 0 bridgehead atoms. The zero-order valence-electron chi connectivity index (χ0n) is 15.4. The average Bonchev–Trinajstić information content (AvgIpc) is 3.15. The van der Waals surface area contributed by atoms with Gasteiger partial charge >= 0.3 is 25.4 Å². The molecule has 2 rings (SSSR count). The largest absolute Gasteiger partial charge is 1.00 e. The monoisotopic (exact) mass is 425 g/mol. The molecular weight excluding hydrogens is 393 g/mol. The average molecular weight is 425 g/mol. The Balaban J connectivity index is 0.00000288. The molecule has 4 nitrogen and oxygen atoms in total. The van der Waals surface area contributed by atoms with Crippen molar-refractivity contribution in [2.45, 2.75) is 84.7 Å². The van der Waals surface area contributed by atoms with Crippen molar-refractivity contribution in [2.24, 2.45) is 11.3 Å². The summed E-state index contributed by atoms with van der Waals surface area (Å²) >= 11 is 0. The Morgan fingerprint density at radius 1 is 1.17 bits per heavy atom. The predicted molar refractivity (Wildman–Crippen MR) is 88.6 cm³/mol. The maximum atomic E-state index is 12.1. The first-order valence-corrected chi connectivity index (χ1v) is 9.02. The normalized spacial score (nSPS) is 23.6. The summed E-state index contributed by atoms with van der Waals surface area (Å²) in [4.78, 5) is 24.0. The van der Waals surface area contributed by atoms with Crippen molar-refractivity contribution in [3.8, 4) is 0 Å². The molecule has 139 valence electrons. The first-order valence-electron chi connectivity index (χ1n) is 9.02. The standard InChI is InChI=1S/C19H31O4.Ru/c1-5-19(10-7-6-8-11-19)23-16(20)9-12-22-17(21)14(2)15-13-18(15,3)4;/h15H,5-13H2,1-4H3;/q-1;+1. The summed E-state index contributed by atoms with van der Waals surface area (Å²) in [6, 6.07) is 0. The second kappa shape index (κ2) is 8.69. The van der Waals surface area contributed by atoms with Crippen LogP contribution in [0.2, 0.25) is 0 Å². The molecule has 0 N–H and O–H groups in total. The van der Waals surface area contributed by atoms with Gasteiger partial charge in [0.1, 0.15) is 5.60 Å². The molecule has 1 radical (unpaired) electrons. The SMILES string of the molecule is CCC1(OC(=O)CCOC(=O)[C-](C)C2CC2(C)C)CCCCC1.[Ru+]. The molecule has 2 aliphatic rings. The Hall–Kier alpha value is -0.567. The number of hydrogen-bond donors (Lipinski definition) is 0. The van der Waals surface area contributed by atoms with E-state index in [4.69, 9.17) is 9.47 Å². The fraction of sp³-hybridized carbons (Fsp3) is 0.842. The van der Waals surface area contributed by atoms with Gasteiger partial charge in [0.15, 0.2) is 5.97 Å². The Morgan fingerprint density at radius 3 is 2.25 bits per heavy atom. The number of ether oxygens (including phenoxy) is 2. The molecule has 0 heterocycles. The topological polar surface area (TPSA) is 52.6 Å². The van der Waals surface area contributed by atoms with Gasteiger partial charge < -0.3 is 9.47 Å². The number of rotatable bonds is 7. The van der Waals surface area contributed by atoms with Crippen molar-refractivity contribution in [2.75, 3.05) is 6.61 Å². The van der Waals surface area contributed by atoms with Gasteiger partial charge in [-0.3, -0.25) is 15.5 Å². The van der Waals surface area contributed by atoms with E-state index < -0.39 is 0 Å². The zero-order chi connectivity index (χ0) is 17.1. The molecule has 1 atom stereocenters. The van der Waals surface area contributed by atoms with Gasteiger partial charge in [0.2, 0.25) is 0 Å². The Kier molecular flexibility index (Phi) is 7.78. The van der Waals surface area contributed by atoms with Gasteiger partial charge in [0.25, 0.3) is 0 Å². The van der Waals surface area contributed by atoms with Gasteiger partial charge in [0.05, 0.1) is 13.0 Å². The molecule has 2 fully saturated rings. The Bertz CT molecular complexity index is 441. The molecule has 0 aromatic heterocycles. The second-order valence-electron chi connectivity index (χ2n) is 7.89. The maximum absolute atomic E-state index is 12.1. The van der Waals surface area contributed by atoms with Gasteiger partial charge in [-0.25, -0.2) is 0 Å². The van der Waals surface area contributed by atoms with Crippen LogP contribution in [0.1, 0.15) is 79.1 Å². The van der Waals surface area contributed by atoms with Crippen molar-refractivity contribution < 1.29 is 38.5 Å². The Labute approximate surface area is 159 Å². The van der Waals surface area contributed by atoms with Crippen LogP contribution >= 0.6 is 0 Å². The minimum Gasteiger partial charge on any atom is -0.487 e. The summed E-state index contributed by atoms with van der Waals surface area (Å²) in [6.45, 7) is 8.34. The minimum atomic E-state index is -0.278. The molecule has 0 aromatic carbocycles. The molecule has 0 spiro atoms. The third-order valence-electron chi connectivity index (χ3n) is 5.64. The van der Waals surface area contributed by atoms with Crippen LogP contribution in [-0.4, -0.2) is 24.1 Å². The molecule has 5 heteroatoms. The van der Waals surface area contributed by atoms with Crippen LogP contribution < -0.4 is 0 Å². The quantitative estimate of drug-likeness (QED) is 0.349. The number of carbonyl (C=O) groups is 2. The summed E-state index contributed by atoms with van der Waals surface area (Å²) < 4.78 is 11.0. The van der Waals surface area contributed by atoms with E-state index in [1.807, 2.05) is 6.92 Å². The molecule has 0 aromatic rings. The first-order chi connectivity index (χ1) is 10.8. The predicted octanol–water partition coefficient (Wildman–Crippen LogP) is 4.21. The molecule has 0 amide bonds. The van der Waals surface area contributed by atoms with E-state index in [0.29, 0.717) is 5.92 Å². The number of hydrogen-bond acceptors (Lipinski definition) is 4. The van der Waals surface area contributed by atoms with Crippen molar-refractivity contribution >= 4 is 11.9 Å². The van der Waals surface area contributed by atoms with Crippen molar-refractivity contribution in [3.63, 3.8) is 0 Å². The third kappa shape index (κ3) is 5.47. The van der Waals surface area contributed by atoms with Crippen LogP contribution in [0.25, 0.3) is 0 Å². The Morgan fingerprint density at radius 2 is 1.75 bits per heavy atom. The smallest absolute Gasteiger partial charge is 0.487 e. The van der Waals surface area contributed by atoms with E-state index >= 15 is 0 Å². The number of carbonyl (C=O) groups excluding carboxylic acids is 2. The second-order valence-corrected chi connectivity index (χ2v) is 7.89. The molecule has 24 heavy (non-hydrogen) atoms. The summed E-state index contributed by atoms with van der Waals surface area (Å²) in [7, 11) is 0. The van der Waals surface area contributed by atoms with E-state index in [0.717, 1.165) is 44.4 Å². The fourth-order valence-corrected chi connectivity index (χ4v) is 3.71. The van der Waals surface area contributed by atoms with Gasteiger partial charge in [-0.15, -0.1) is 5.92 Å². The van der Waals surface area contributed by atoms with Crippen LogP contribution in [0.3, 0.4) is 0 Å².